The summed E-state index contributed by atoms with van der Waals surface area (Å²) in [7, 11) is 0. The Morgan fingerprint density at radius 1 is 1.53 bits per heavy atom. The molecule has 0 bridgehead atoms. The van der Waals surface area contributed by atoms with Crippen LogP contribution in [0, 0.1) is 31.6 Å². The van der Waals surface area contributed by atoms with E-state index < -0.39 is 27.1 Å². The van der Waals surface area contributed by atoms with Crippen molar-refractivity contribution in [3.8, 4) is 6.07 Å². The summed E-state index contributed by atoms with van der Waals surface area (Å²) in [5, 5.41) is 29.8. The average Bonchev–Trinajstić information content (AvgIpc) is 2.18. The molecule has 15 heavy (non-hydrogen) atoms. The number of rotatable bonds is 2. The third kappa shape index (κ3) is 1.55. The maximum absolute atomic E-state index is 10.7. The number of nitriles is 1. The van der Waals surface area contributed by atoms with Crippen molar-refractivity contribution < 1.29 is 9.85 Å². The van der Waals surface area contributed by atoms with Gasteiger partial charge in [0.05, 0.1) is 11.0 Å². The smallest absolute Gasteiger partial charge is 0.317 e. The van der Waals surface area contributed by atoms with Crippen LogP contribution in [-0.2, 0) is 0 Å². The molecule has 2 N–H and O–H groups in total. The van der Waals surface area contributed by atoms with Gasteiger partial charge in [-0.2, -0.15) is 5.26 Å². The van der Waals surface area contributed by atoms with Crippen molar-refractivity contribution >= 4 is 0 Å². The van der Waals surface area contributed by atoms with Crippen molar-refractivity contribution in [1.29, 1.82) is 5.26 Å². The first kappa shape index (κ1) is 10.8. The van der Waals surface area contributed by atoms with E-state index in [9.17, 15) is 20.2 Å². The highest BCUT2D eigenvalue weighted by Gasteiger charge is 2.50. The molecule has 8 heteroatoms. The van der Waals surface area contributed by atoms with E-state index >= 15 is 0 Å². The number of hydrogen-bond donors (Lipinski definition) is 1. The maximum Gasteiger partial charge on any atom is 0.348 e. The largest absolute Gasteiger partial charge is 0.348 e. The molecule has 0 saturated heterocycles. The summed E-state index contributed by atoms with van der Waals surface area (Å²) in [4.78, 5) is 19.4. The Kier molecular flexibility index (Phi) is 2.50. The van der Waals surface area contributed by atoms with Crippen LogP contribution in [0.3, 0.4) is 0 Å². The summed E-state index contributed by atoms with van der Waals surface area (Å²) in [6.07, 6.45) is 2.78. The molecule has 2 unspecified atom stereocenters. The molecule has 0 aromatic heterocycles. The van der Waals surface area contributed by atoms with Gasteiger partial charge in [0.1, 0.15) is 6.04 Å². The van der Waals surface area contributed by atoms with Crippen LogP contribution < -0.4 is 5.73 Å². The fourth-order valence-corrected chi connectivity index (χ4v) is 1.15. The molecule has 78 valence electrons. The molecule has 1 rings (SSSR count). The van der Waals surface area contributed by atoms with Crippen molar-refractivity contribution in [3.05, 3.63) is 44.2 Å². The fourth-order valence-electron chi connectivity index (χ4n) is 1.15. The zero-order valence-corrected chi connectivity index (χ0v) is 7.36. The molecule has 0 amide bonds. The summed E-state index contributed by atoms with van der Waals surface area (Å²) in [6.45, 7) is 0. The van der Waals surface area contributed by atoms with Gasteiger partial charge < -0.3 is 5.73 Å². The van der Waals surface area contributed by atoms with Gasteiger partial charge in [0, 0.05) is 11.0 Å². The Labute approximate surface area is 83.6 Å². The van der Waals surface area contributed by atoms with Gasteiger partial charge in [0.15, 0.2) is 6.07 Å². The van der Waals surface area contributed by atoms with Crippen LogP contribution in [0.2, 0.25) is 0 Å². The predicted molar refractivity (Wildman–Crippen MR) is 47.5 cm³/mol. The average molecular weight is 210 g/mol. The van der Waals surface area contributed by atoms with E-state index in [4.69, 9.17) is 11.0 Å². The highest BCUT2D eigenvalue weighted by atomic mass is 16.6. The molecule has 0 spiro atoms. The van der Waals surface area contributed by atoms with Crippen LogP contribution in [-0.4, -0.2) is 21.4 Å². The summed E-state index contributed by atoms with van der Waals surface area (Å²) < 4.78 is 0. The molecule has 0 radical (unpaired) electrons. The van der Waals surface area contributed by atoms with Gasteiger partial charge in [0.2, 0.25) is 0 Å². The molecule has 1 aliphatic rings. The van der Waals surface area contributed by atoms with Crippen LogP contribution in [0.1, 0.15) is 0 Å². The minimum absolute atomic E-state index is 0.505. The molecule has 0 aromatic rings. The molecule has 0 heterocycles. The second-order valence-corrected chi connectivity index (χ2v) is 2.91. The molecule has 0 aliphatic heterocycles. The van der Waals surface area contributed by atoms with Crippen molar-refractivity contribution in [3.63, 3.8) is 0 Å². The number of nitrogens with zero attached hydrogens (tertiary/aromatic N) is 3. The van der Waals surface area contributed by atoms with Gasteiger partial charge in [0.25, 0.3) is 5.70 Å². The van der Waals surface area contributed by atoms with E-state index in [1.54, 1.807) is 0 Å². The van der Waals surface area contributed by atoms with E-state index in [2.05, 4.69) is 0 Å². The molecule has 1 aliphatic carbocycles. The predicted octanol–water partition coefficient (Wildman–Crippen LogP) is -0.417. The van der Waals surface area contributed by atoms with E-state index in [0.29, 0.717) is 6.08 Å². The molecule has 2 atom stereocenters. The molecular weight excluding hydrogens is 204 g/mol. The Morgan fingerprint density at radius 2 is 2.13 bits per heavy atom. The van der Waals surface area contributed by atoms with Crippen LogP contribution in [0.25, 0.3) is 0 Å². The van der Waals surface area contributed by atoms with Crippen LogP contribution >= 0.6 is 0 Å². The minimum atomic E-state index is -2.25. The Bertz CT molecular complexity index is 421. The van der Waals surface area contributed by atoms with Crippen molar-refractivity contribution in [2.24, 2.45) is 5.73 Å². The van der Waals surface area contributed by atoms with Crippen molar-refractivity contribution in [1.82, 2.24) is 0 Å². The minimum Gasteiger partial charge on any atom is -0.317 e. The molecular formula is C7H6N4O4. The van der Waals surface area contributed by atoms with Gasteiger partial charge in [-0.15, -0.1) is 0 Å². The summed E-state index contributed by atoms with van der Waals surface area (Å²) >= 11 is 0. The first-order valence-electron chi connectivity index (χ1n) is 3.81. The number of hydrogen-bond acceptors (Lipinski definition) is 6. The van der Waals surface area contributed by atoms with Gasteiger partial charge in [-0.25, -0.2) is 0 Å². The zero-order chi connectivity index (χ0) is 11.6. The maximum atomic E-state index is 10.7. The number of nitro groups is 2. The highest BCUT2D eigenvalue weighted by molar-refractivity contribution is 5.34. The third-order valence-corrected chi connectivity index (χ3v) is 2.04. The summed E-state index contributed by atoms with van der Waals surface area (Å²) in [5.41, 5.74) is 2.61. The Morgan fingerprint density at radius 3 is 2.53 bits per heavy atom. The lowest BCUT2D eigenvalue weighted by molar-refractivity contribution is -0.541. The monoisotopic (exact) mass is 210 g/mol. The topological polar surface area (TPSA) is 136 Å². The normalized spacial score (nSPS) is 29.1. The van der Waals surface area contributed by atoms with Crippen LogP contribution in [0.5, 0.6) is 0 Å². The van der Waals surface area contributed by atoms with Gasteiger partial charge in [-0.3, -0.25) is 20.2 Å². The van der Waals surface area contributed by atoms with Crippen molar-refractivity contribution in [2.75, 3.05) is 0 Å². The third-order valence-electron chi connectivity index (χ3n) is 2.04. The molecule has 8 nitrogen and oxygen atoms in total. The Balaban J connectivity index is 3.30. The lowest BCUT2D eigenvalue weighted by atomic mass is 9.88. The SMILES string of the molecule is N#CC1([N+](=O)[O-])C=C([N+](=O)[O-])C=CC1N. The number of allylic oxidation sites excluding steroid dienone is 1. The van der Waals surface area contributed by atoms with Gasteiger partial charge >= 0.3 is 5.54 Å². The van der Waals surface area contributed by atoms with E-state index in [1.807, 2.05) is 0 Å². The second kappa shape index (κ2) is 3.47. The van der Waals surface area contributed by atoms with Gasteiger partial charge in [-0.05, 0) is 0 Å². The highest BCUT2D eigenvalue weighted by Crippen LogP contribution is 2.23. The Hall–Kier alpha value is -2.27. The fraction of sp³-hybridized carbons (Fsp3) is 0.286. The lowest BCUT2D eigenvalue weighted by Gasteiger charge is -2.20. The standard InChI is InChI=1S/C7H6N4O4/c8-4-7(11(14)15)3-5(10(12)13)1-2-6(7)9/h1-3,6H,9H2. The van der Waals surface area contributed by atoms with Crippen molar-refractivity contribution in [2.45, 2.75) is 11.6 Å². The van der Waals surface area contributed by atoms with Crippen LogP contribution in [0.4, 0.5) is 0 Å². The molecule has 0 fully saturated rings. The van der Waals surface area contributed by atoms with Crippen LogP contribution in [0.15, 0.2) is 23.9 Å². The van der Waals surface area contributed by atoms with E-state index in [1.165, 1.54) is 6.07 Å². The van der Waals surface area contributed by atoms with E-state index in [-0.39, 0.29) is 0 Å². The zero-order valence-electron chi connectivity index (χ0n) is 7.36. The first-order valence-corrected chi connectivity index (χ1v) is 3.81. The van der Waals surface area contributed by atoms with E-state index in [0.717, 1.165) is 12.2 Å². The second-order valence-electron chi connectivity index (χ2n) is 2.91. The number of nitrogens with two attached hydrogens (primary N) is 1. The molecule has 0 aromatic carbocycles. The summed E-state index contributed by atoms with van der Waals surface area (Å²) in [5.74, 6) is 0. The summed E-state index contributed by atoms with van der Waals surface area (Å²) in [6, 6.07) is 0.202. The van der Waals surface area contributed by atoms with Gasteiger partial charge in [-0.1, -0.05) is 6.08 Å². The quantitative estimate of drug-likeness (QED) is 0.485. The lowest BCUT2D eigenvalue weighted by Crippen LogP contribution is -2.52. The molecule has 0 saturated carbocycles. The first-order chi connectivity index (χ1) is 6.94.